The van der Waals surface area contributed by atoms with Gasteiger partial charge in [-0.2, -0.15) is 5.26 Å². The van der Waals surface area contributed by atoms with Gasteiger partial charge in [0.25, 0.3) is 0 Å². The van der Waals surface area contributed by atoms with Crippen LogP contribution in [0, 0.1) is 18.3 Å². The number of methoxy groups -OCH3 is 1. The quantitative estimate of drug-likeness (QED) is 0.299. The largest absolute Gasteiger partial charge is 0.497 e. The van der Waals surface area contributed by atoms with Crippen molar-refractivity contribution in [2.45, 2.75) is 18.4 Å². The Hall–Kier alpha value is -3.67. The number of amides is 1. The lowest BCUT2D eigenvalue weighted by Gasteiger charge is -2.07. The van der Waals surface area contributed by atoms with Gasteiger partial charge in [-0.05, 0) is 43.3 Å². The van der Waals surface area contributed by atoms with Crippen LogP contribution in [0.5, 0.6) is 5.75 Å². The maximum atomic E-state index is 12.4. The van der Waals surface area contributed by atoms with E-state index < -0.39 is 0 Å². The molecule has 4 rings (SSSR count). The second-order valence-electron chi connectivity index (χ2n) is 7.44. The second-order valence-corrected chi connectivity index (χ2v) is 9.38. The molecule has 0 bridgehead atoms. The Kier molecular flexibility index (Phi) is 7.58. The van der Waals surface area contributed by atoms with Crippen molar-refractivity contribution >= 4 is 34.1 Å². The third-order valence-electron chi connectivity index (χ3n) is 5.03. The number of hydrogen-bond acceptors (Lipinski definition) is 7. The lowest BCUT2D eigenvalue weighted by molar-refractivity contribution is -0.115. The zero-order valence-electron chi connectivity index (χ0n) is 18.7. The molecule has 0 saturated heterocycles. The molecule has 4 aromatic rings. The second kappa shape index (κ2) is 11.0. The molecule has 0 saturated carbocycles. The van der Waals surface area contributed by atoms with E-state index in [1.165, 1.54) is 28.7 Å². The van der Waals surface area contributed by atoms with Gasteiger partial charge in [0.1, 0.15) is 16.8 Å². The number of pyridine rings is 1. The number of aromatic nitrogens is 2. The number of thioether (sulfide) groups is 1. The van der Waals surface area contributed by atoms with Gasteiger partial charge in [0, 0.05) is 28.7 Å². The number of nitriles is 1. The van der Waals surface area contributed by atoms with Crippen molar-refractivity contribution in [3.05, 3.63) is 77.2 Å². The molecule has 2 aromatic carbocycles. The monoisotopic (exact) mass is 486 g/mol. The molecule has 0 fully saturated rings. The van der Waals surface area contributed by atoms with Crippen LogP contribution in [0.2, 0.25) is 0 Å². The zero-order valence-corrected chi connectivity index (χ0v) is 20.4. The molecule has 8 heteroatoms. The predicted molar refractivity (Wildman–Crippen MR) is 137 cm³/mol. The Morgan fingerprint density at radius 3 is 2.44 bits per heavy atom. The molecule has 0 spiro atoms. The number of aryl methyl sites for hydroxylation is 1. The first kappa shape index (κ1) is 23.5. The summed E-state index contributed by atoms with van der Waals surface area (Å²) in [6, 6.07) is 21.5. The van der Waals surface area contributed by atoms with Crippen molar-refractivity contribution in [2.24, 2.45) is 0 Å². The average molecular weight is 487 g/mol. The fraction of sp³-hybridized carbons (Fsp3) is 0.154. The van der Waals surface area contributed by atoms with Gasteiger partial charge in [-0.15, -0.1) is 23.1 Å². The Morgan fingerprint density at radius 2 is 1.74 bits per heavy atom. The van der Waals surface area contributed by atoms with Crippen LogP contribution >= 0.6 is 23.1 Å². The van der Waals surface area contributed by atoms with Crippen molar-refractivity contribution in [3.8, 4) is 34.3 Å². The van der Waals surface area contributed by atoms with E-state index in [9.17, 15) is 10.1 Å². The van der Waals surface area contributed by atoms with Gasteiger partial charge in [0.15, 0.2) is 5.13 Å². The number of anilines is 1. The minimum atomic E-state index is -0.128. The van der Waals surface area contributed by atoms with E-state index in [1.807, 2.05) is 66.9 Å². The fourth-order valence-electron chi connectivity index (χ4n) is 3.17. The summed E-state index contributed by atoms with van der Waals surface area (Å²) in [6.45, 7) is 2.04. The molecule has 0 aliphatic rings. The highest BCUT2D eigenvalue weighted by Crippen LogP contribution is 2.28. The number of ether oxygens (including phenoxy) is 1. The average Bonchev–Trinajstić information content (AvgIpc) is 3.33. The van der Waals surface area contributed by atoms with Crippen molar-refractivity contribution in [2.75, 3.05) is 18.2 Å². The lowest BCUT2D eigenvalue weighted by atomic mass is 10.1. The summed E-state index contributed by atoms with van der Waals surface area (Å²) < 4.78 is 5.18. The molecule has 6 nitrogen and oxygen atoms in total. The van der Waals surface area contributed by atoms with Gasteiger partial charge in [0.2, 0.25) is 5.91 Å². The minimum Gasteiger partial charge on any atom is -0.497 e. The molecular formula is C26H22N4O2S2. The van der Waals surface area contributed by atoms with Crippen molar-refractivity contribution in [1.82, 2.24) is 9.97 Å². The molecule has 2 heterocycles. The van der Waals surface area contributed by atoms with E-state index in [0.29, 0.717) is 21.5 Å². The molecule has 0 radical (unpaired) electrons. The number of thiazole rings is 1. The number of nitrogens with zero attached hydrogens (tertiary/aromatic N) is 3. The molecule has 1 amide bonds. The third kappa shape index (κ3) is 5.81. The number of benzene rings is 2. The highest BCUT2D eigenvalue weighted by atomic mass is 32.2. The van der Waals surface area contributed by atoms with Crippen LogP contribution in [-0.4, -0.2) is 28.7 Å². The Morgan fingerprint density at radius 1 is 1.03 bits per heavy atom. The van der Waals surface area contributed by atoms with Gasteiger partial charge >= 0.3 is 0 Å². The number of carbonyl (C=O) groups is 1. The first-order valence-electron chi connectivity index (χ1n) is 10.6. The normalized spacial score (nSPS) is 10.5. The lowest BCUT2D eigenvalue weighted by Crippen LogP contribution is -2.12. The number of carbonyl (C=O) groups excluding carboxylic acids is 1. The van der Waals surface area contributed by atoms with Crippen LogP contribution in [-0.2, 0) is 4.79 Å². The molecule has 0 aliphatic heterocycles. The maximum Gasteiger partial charge on any atom is 0.226 e. The molecular weight excluding hydrogens is 464 g/mol. The molecule has 0 unspecified atom stereocenters. The molecule has 2 aromatic heterocycles. The Labute approximate surface area is 206 Å². The van der Waals surface area contributed by atoms with E-state index in [-0.39, 0.29) is 12.3 Å². The van der Waals surface area contributed by atoms with Gasteiger partial charge in [0.05, 0.1) is 24.1 Å². The van der Waals surface area contributed by atoms with E-state index in [1.54, 1.807) is 13.2 Å². The van der Waals surface area contributed by atoms with Gasteiger partial charge in [-0.1, -0.05) is 29.8 Å². The molecule has 170 valence electrons. The van der Waals surface area contributed by atoms with E-state index in [0.717, 1.165) is 28.3 Å². The maximum absolute atomic E-state index is 12.4. The summed E-state index contributed by atoms with van der Waals surface area (Å²) in [7, 11) is 1.63. The van der Waals surface area contributed by atoms with Crippen molar-refractivity contribution in [1.29, 1.82) is 5.26 Å². The predicted octanol–water partition coefficient (Wildman–Crippen LogP) is 6.18. The van der Waals surface area contributed by atoms with E-state index >= 15 is 0 Å². The summed E-state index contributed by atoms with van der Waals surface area (Å²) in [5, 5.41) is 15.4. The number of nitrogens with one attached hydrogen (secondary N) is 1. The van der Waals surface area contributed by atoms with Gasteiger partial charge < -0.3 is 10.1 Å². The molecule has 1 N–H and O–H groups in total. The highest BCUT2D eigenvalue weighted by molar-refractivity contribution is 7.99. The first-order valence-corrected chi connectivity index (χ1v) is 12.4. The minimum absolute atomic E-state index is 0.128. The van der Waals surface area contributed by atoms with Crippen LogP contribution in [0.15, 0.2) is 71.1 Å². The first-order chi connectivity index (χ1) is 16.6. The van der Waals surface area contributed by atoms with E-state index in [2.05, 4.69) is 21.4 Å². The Balaban J connectivity index is 1.35. The van der Waals surface area contributed by atoms with Crippen molar-refractivity contribution < 1.29 is 9.53 Å². The van der Waals surface area contributed by atoms with Crippen LogP contribution < -0.4 is 10.1 Å². The van der Waals surface area contributed by atoms with Gasteiger partial charge in [-0.25, -0.2) is 9.97 Å². The summed E-state index contributed by atoms with van der Waals surface area (Å²) in [5.41, 5.74) is 5.23. The smallest absolute Gasteiger partial charge is 0.226 e. The fourth-order valence-corrected chi connectivity index (χ4v) is 4.82. The molecule has 34 heavy (non-hydrogen) atoms. The Bertz CT molecular complexity index is 1330. The van der Waals surface area contributed by atoms with Crippen LogP contribution in [0.4, 0.5) is 5.13 Å². The molecule has 0 aliphatic carbocycles. The van der Waals surface area contributed by atoms with Crippen molar-refractivity contribution in [3.63, 3.8) is 0 Å². The summed E-state index contributed by atoms with van der Waals surface area (Å²) in [4.78, 5) is 21.6. The highest BCUT2D eigenvalue weighted by Gasteiger charge is 2.11. The van der Waals surface area contributed by atoms with E-state index in [4.69, 9.17) is 4.74 Å². The topological polar surface area (TPSA) is 87.9 Å². The summed E-state index contributed by atoms with van der Waals surface area (Å²) in [5.74, 6) is 1.15. The summed E-state index contributed by atoms with van der Waals surface area (Å²) >= 11 is 2.79. The SMILES string of the molecule is COc1ccc(-c2csc(NC(=O)CCSc3nc(-c4ccc(C)cc4)ccc3C#N)n2)cc1. The van der Waals surface area contributed by atoms with Crippen LogP contribution in [0.25, 0.3) is 22.5 Å². The third-order valence-corrected chi connectivity index (χ3v) is 6.78. The standard InChI is InChI=1S/C26H22N4O2S2/c1-17-3-5-18(6-4-17)22-12-9-20(15-27)25(28-22)33-14-13-24(31)30-26-29-23(16-34-26)19-7-10-21(32-2)11-8-19/h3-12,16H,13-14H2,1-2H3,(H,29,30,31). The van der Waals surface area contributed by atoms with Crippen LogP contribution in [0.1, 0.15) is 17.5 Å². The van der Waals surface area contributed by atoms with Gasteiger partial charge in [-0.3, -0.25) is 4.79 Å². The van der Waals surface area contributed by atoms with Crippen LogP contribution in [0.3, 0.4) is 0 Å². The zero-order chi connectivity index (χ0) is 23.9. The number of hydrogen-bond donors (Lipinski definition) is 1. The summed E-state index contributed by atoms with van der Waals surface area (Å²) in [6.07, 6.45) is 0.281. The molecule has 0 atom stereocenters. The number of rotatable bonds is 8.